The highest BCUT2D eigenvalue weighted by Gasteiger charge is 2.27. The molecule has 0 spiro atoms. The summed E-state index contributed by atoms with van der Waals surface area (Å²) in [6.07, 6.45) is -4.33. The summed E-state index contributed by atoms with van der Waals surface area (Å²) in [5.74, 6) is -0.978. The van der Waals surface area contributed by atoms with Crippen molar-refractivity contribution in [1.82, 2.24) is 5.32 Å². The maximum absolute atomic E-state index is 12.1. The molecule has 0 heterocycles. The van der Waals surface area contributed by atoms with Gasteiger partial charge in [0.2, 0.25) is 0 Å². The van der Waals surface area contributed by atoms with E-state index in [1.807, 2.05) is 12.1 Å². The number of benzene rings is 2. The molecule has 0 radical (unpaired) electrons. The SMILES string of the molecule is O=C(O)c1cccc(CNCc2cccc(COCC(F)(F)F)c2)c1. The van der Waals surface area contributed by atoms with Crippen LogP contribution in [0.1, 0.15) is 27.0 Å². The Kier molecular flexibility index (Phi) is 6.55. The maximum atomic E-state index is 12.1. The zero-order chi connectivity index (χ0) is 18.3. The Labute approximate surface area is 143 Å². The predicted octanol–water partition coefficient (Wildman–Crippen LogP) is 3.75. The van der Waals surface area contributed by atoms with Crippen LogP contribution in [0.5, 0.6) is 0 Å². The molecule has 0 aliphatic carbocycles. The first-order valence-electron chi connectivity index (χ1n) is 7.59. The molecule has 0 saturated heterocycles. The first-order chi connectivity index (χ1) is 11.8. The Morgan fingerprint density at radius 2 is 1.60 bits per heavy atom. The van der Waals surface area contributed by atoms with Crippen LogP contribution in [0.2, 0.25) is 0 Å². The normalized spacial score (nSPS) is 11.5. The van der Waals surface area contributed by atoms with Crippen LogP contribution in [-0.2, 0) is 24.4 Å². The lowest BCUT2D eigenvalue weighted by molar-refractivity contribution is -0.176. The molecule has 2 aromatic rings. The second-order valence-electron chi connectivity index (χ2n) is 5.54. The van der Waals surface area contributed by atoms with Crippen molar-refractivity contribution < 1.29 is 27.8 Å². The fourth-order valence-electron chi connectivity index (χ4n) is 2.28. The van der Waals surface area contributed by atoms with Gasteiger partial charge in [0.1, 0.15) is 6.61 Å². The summed E-state index contributed by atoms with van der Waals surface area (Å²) < 4.78 is 40.9. The minimum absolute atomic E-state index is 0.103. The zero-order valence-corrected chi connectivity index (χ0v) is 13.3. The third-order valence-corrected chi connectivity index (χ3v) is 3.36. The van der Waals surface area contributed by atoms with E-state index < -0.39 is 18.8 Å². The number of carboxylic acids is 1. The van der Waals surface area contributed by atoms with Crippen molar-refractivity contribution in [2.45, 2.75) is 25.9 Å². The molecule has 2 rings (SSSR count). The number of carboxylic acid groups (broad SMARTS) is 1. The lowest BCUT2D eigenvalue weighted by atomic mass is 10.1. The highest BCUT2D eigenvalue weighted by Crippen LogP contribution is 2.16. The second kappa shape index (κ2) is 8.64. The lowest BCUT2D eigenvalue weighted by Crippen LogP contribution is -2.17. The van der Waals surface area contributed by atoms with E-state index in [2.05, 4.69) is 10.1 Å². The molecule has 0 amide bonds. The Morgan fingerprint density at radius 3 is 2.24 bits per heavy atom. The smallest absolute Gasteiger partial charge is 0.411 e. The highest BCUT2D eigenvalue weighted by atomic mass is 19.4. The largest absolute Gasteiger partial charge is 0.478 e. The number of rotatable bonds is 8. The van der Waals surface area contributed by atoms with E-state index in [4.69, 9.17) is 5.11 Å². The molecule has 0 aliphatic rings. The zero-order valence-electron chi connectivity index (χ0n) is 13.3. The molecule has 25 heavy (non-hydrogen) atoms. The molecule has 2 aromatic carbocycles. The predicted molar refractivity (Wildman–Crippen MR) is 86.1 cm³/mol. The van der Waals surface area contributed by atoms with E-state index in [9.17, 15) is 18.0 Å². The molecule has 0 bridgehead atoms. The number of ether oxygens (including phenoxy) is 1. The van der Waals surface area contributed by atoms with E-state index in [1.54, 1.807) is 30.3 Å². The van der Waals surface area contributed by atoms with Crippen LogP contribution in [-0.4, -0.2) is 23.9 Å². The maximum Gasteiger partial charge on any atom is 0.411 e. The minimum atomic E-state index is -4.33. The van der Waals surface area contributed by atoms with Gasteiger partial charge < -0.3 is 15.2 Å². The van der Waals surface area contributed by atoms with E-state index in [-0.39, 0.29) is 12.2 Å². The van der Waals surface area contributed by atoms with Crippen molar-refractivity contribution in [1.29, 1.82) is 0 Å². The molecular formula is C18H18F3NO3. The number of alkyl halides is 3. The van der Waals surface area contributed by atoms with Gasteiger partial charge in [0, 0.05) is 13.1 Å². The van der Waals surface area contributed by atoms with E-state index in [1.165, 1.54) is 6.07 Å². The van der Waals surface area contributed by atoms with Gasteiger partial charge in [-0.05, 0) is 28.8 Å². The van der Waals surface area contributed by atoms with Gasteiger partial charge in [-0.15, -0.1) is 0 Å². The molecule has 0 fully saturated rings. The van der Waals surface area contributed by atoms with Crippen LogP contribution >= 0.6 is 0 Å². The third kappa shape index (κ3) is 6.94. The molecule has 0 aromatic heterocycles. The molecular weight excluding hydrogens is 335 g/mol. The number of halogens is 3. The molecule has 134 valence electrons. The summed E-state index contributed by atoms with van der Waals surface area (Å²) in [5.41, 5.74) is 2.63. The molecule has 4 nitrogen and oxygen atoms in total. The van der Waals surface area contributed by atoms with Crippen molar-refractivity contribution in [3.8, 4) is 0 Å². The first-order valence-corrected chi connectivity index (χ1v) is 7.59. The van der Waals surface area contributed by atoms with Gasteiger partial charge in [-0.3, -0.25) is 0 Å². The van der Waals surface area contributed by atoms with Gasteiger partial charge in [-0.1, -0.05) is 36.4 Å². The van der Waals surface area contributed by atoms with Crippen LogP contribution in [0.15, 0.2) is 48.5 Å². The lowest BCUT2D eigenvalue weighted by Gasteiger charge is -2.10. The van der Waals surface area contributed by atoms with E-state index >= 15 is 0 Å². The molecule has 0 unspecified atom stereocenters. The molecule has 2 N–H and O–H groups in total. The number of aromatic carboxylic acids is 1. The van der Waals surface area contributed by atoms with Crippen molar-refractivity contribution in [3.05, 3.63) is 70.8 Å². The molecule has 0 atom stereocenters. The Balaban J connectivity index is 1.84. The van der Waals surface area contributed by atoms with Crippen LogP contribution in [0.3, 0.4) is 0 Å². The molecule has 7 heteroatoms. The van der Waals surface area contributed by atoms with Gasteiger partial charge >= 0.3 is 12.1 Å². The van der Waals surface area contributed by atoms with Crippen LogP contribution in [0.4, 0.5) is 13.2 Å². The quantitative estimate of drug-likeness (QED) is 0.759. The number of nitrogens with one attached hydrogen (secondary N) is 1. The van der Waals surface area contributed by atoms with Gasteiger partial charge in [-0.25, -0.2) is 4.79 Å². The fraction of sp³-hybridized carbons (Fsp3) is 0.278. The number of carbonyl (C=O) groups is 1. The second-order valence-corrected chi connectivity index (χ2v) is 5.54. The summed E-state index contributed by atoms with van der Waals surface area (Å²) in [6.45, 7) is -0.385. The summed E-state index contributed by atoms with van der Waals surface area (Å²) in [6, 6.07) is 13.7. The van der Waals surface area contributed by atoms with E-state index in [0.29, 0.717) is 18.7 Å². The monoisotopic (exact) mass is 353 g/mol. The van der Waals surface area contributed by atoms with Gasteiger partial charge in [-0.2, -0.15) is 13.2 Å². The van der Waals surface area contributed by atoms with Crippen molar-refractivity contribution in [3.63, 3.8) is 0 Å². The molecule has 0 aliphatic heterocycles. The summed E-state index contributed by atoms with van der Waals surface area (Å²) in [4.78, 5) is 10.9. The number of hydrogen-bond acceptors (Lipinski definition) is 3. The molecule has 0 saturated carbocycles. The topological polar surface area (TPSA) is 58.6 Å². The van der Waals surface area contributed by atoms with Gasteiger partial charge in [0.15, 0.2) is 0 Å². The van der Waals surface area contributed by atoms with Crippen molar-refractivity contribution >= 4 is 5.97 Å². The summed E-state index contributed by atoms with van der Waals surface area (Å²) in [7, 11) is 0. The average Bonchev–Trinajstić information content (AvgIpc) is 2.54. The Bertz CT molecular complexity index is 717. The standard InChI is InChI=1S/C18H18F3NO3/c19-18(20,21)12-25-11-15-5-1-3-13(7-15)9-22-10-14-4-2-6-16(8-14)17(23)24/h1-8,22H,9-12H2,(H,23,24). The van der Waals surface area contributed by atoms with Crippen LogP contribution in [0.25, 0.3) is 0 Å². The summed E-state index contributed by atoms with van der Waals surface area (Å²) in [5, 5.41) is 12.1. The van der Waals surface area contributed by atoms with Crippen molar-refractivity contribution in [2.75, 3.05) is 6.61 Å². The average molecular weight is 353 g/mol. The van der Waals surface area contributed by atoms with Crippen molar-refractivity contribution in [2.24, 2.45) is 0 Å². The Hall–Kier alpha value is -2.38. The van der Waals surface area contributed by atoms with Gasteiger partial charge in [0.05, 0.1) is 12.2 Å². The van der Waals surface area contributed by atoms with Gasteiger partial charge in [0.25, 0.3) is 0 Å². The van der Waals surface area contributed by atoms with Crippen LogP contribution < -0.4 is 5.32 Å². The third-order valence-electron chi connectivity index (χ3n) is 3.36. The fourth-order valence-corrected chi connectivity index (χ4v) is 2.28. The Morgan fingerprint density at radius 1 is 1.00 bits per heavy atom. The summed E-state index contributed by atoms with van der Waals surface area (Å²) >= 11 is 0. The first kappa shape index (κ1) is 19.0. The van der Waals surface area contributed by atoms with Crippen LogP contribution in [0, 0.1) is 0 Å². The highest BCUT2D eigenvalue weighted by molar-refractivity contribution is 5.87. The number of hydrogen-bond donors (Lipinski definition) is 2. The van der Waals surface area contributed by atoms with E-state index in [0.717, 1.165) is 11.1 Å². The minimum Gasteiger partial charge on any atom is -0.478 e.